The maximum atomic E-state index is 13.6. The van der Waals surface area contributed by atoms with Gasteiger partial charge in [0.15, 0.2) is 0 Å². The number of likely N-dealkylation sites (N-methyl/N-ethyl adjacent to an activating group) is 1. The second-order valence-electron chi connectivity index (χ2n) is 7.25. The van der Waals surface area contributed by atoms with Crippen LogP contribution in [0.5, 0.6) is 0 Å². The van der Waals surface area contributed by atoms with Crippen molar-refractivity contribution in [3.8, 4) is 0 Å². The lowest BCUT2D eigenvalue weighted by Gasteiger charge is -2.46. The Labute approximate surface area is 157 Å². The lowest BCUT2D eigenvalue weighted by molar-refractivity contribution is -0.123. The van der Waals surface area contributed by atoms with Crippen LogP contribution in [0.2, 0.25) is 0 Å². The number of hydrogen-bond acceptors (Lipinski definition) is 4. The number of halogens is 1. The summed E-state index contributed by atoms with van der Waals surface area (Å²) in [7, 11) is 1.92. The topological polar surface area (TPSA) is 56.8 Å². The van der Waals surface area contributed by atoms with Crippen LogP contribution in [-0.4, -0.2) is 65.4 Å². The van der Waals surface area contributed by atoms with Gasteiger partial charge in [0.05, 0.1) is 12.1 Å². The van der Waals surface area contributed by atoms with Crippen LogP contribution in [0.1, 0.15) is 16.8 Å². The highest BCUT2D eigenvalue weighted by molar-refractivity contribution is 5.96. The Hall–Kier alpha value is -2.80. The van der Waals surface area contributed by atoms with E-state index in [2.05, 4.69) is 4.98 Å². The first-order chi connectivity index (χ1) is 13.0. The summed E-state index contributed by atoms with van der Waals surface area (Å²) in [6, 6.07) is 9.52. The van der Waals surface area contributed by atoms with Gasteiger partial charge in [0.25, 0.3) is 5.91 Å². The average Bonchev–Trinajstić information content (AvgIpc) is 3.10. The summed E-state index contributed by atoms with van der Waals surface area (Å²) in [6.45, 7) is 1.83. The first-order valence-electron chi connectivity index (χ1n) is 8.95. The van der Waals surface area contributed by atoms with Crippen molar-refractivity contribution < 1.29 is 14.0 Å². The Morgan fingerprint density at radius 1 is 1.19 bits per heavy atom. The Morgan fingerprint density at radius 3 is 2.70 bits per heavy atom. The Morgan fingerprint density at radius 2 is 1.96 bits per heavy atom. The number of amides is 2. The Balaban J connectivity index is 1.57. The molecule has 2 fully saturated rings. The van der Waals surface area contributed by atoms with Crippen LogP contribution in [0.3, 0.4) is 0 Å². The predicted molar refractivity (Wildman–Crippen MR) is 98.9 cm³/mol. The third-order valence-corrected chi connectivity index (χ3v) is 5.60. The van der Waals surface area contributed by atoms with Crippen molar-refractivity contribution in [2.45, 2.75) is 12.0 Å². The van der Waals surface area contributed by atoms with E-state index < -0.39 is 0 Å². The van der Waals surface area contributed by atoms with Crippen molar-refractivity contribution in [1.82, 2.24) is 14.8 Å². The lowest BCUT2D eigenvalue weighted by Crippen LogP contribution is -2.64. The van der Waals surface area contributed by atoms with Crippen LogP contribution >= 0.6 is 0 Å². The maximum Gasteiger partial charge on any atom is 0.254 e. The lowest BCUT2D eigenvalue weighted by atomic mass is 9.92. The summed E-state index contributed by atoms with van der Waals surface area (Å²) in [5.74, 6) is -0.460. The van der Waals surface area contributed by atoms with Gasteiger partial charge in [-0.2, -0.15) is 0 Å². The highest BCUT2D eigenvalue weighted by Gasteiger charge is 2.48. The standard InChI is InChI=1S/C20H21FN4O2/c1-23-12-18(26)25(17-4-2-3-16(21)11-17)14-20(23)7-10-24(13-20)19(27)15-5-8-22-9-6-15/h2-6,8-9,11H,7,10,12-14H2,1H3. The zero-order valence-corrected chi connectivity index (χ0v) is 15.1. The molecule has 4 rings (SSSR count). The zero-order chi connectivity index (χ0) is 19.0. The number of hydrogen-bond donors (Lipinski definition) is 0. The second kappa shape index (κ2) is 6.74. The molecule has 2 amide bonds. The molecule has 2 saturated heterocycles. The molecule has 0 saturated carbocycles. The molecule has 0 N–H and O–H groups in total. The monoisotopic (exact) mass is 368 g/mol. The molecular formula is C20H21FN4O2. The molecule has 3 heterocycles. The molecule has 1 spiro atoms. The molecule has 6 nitrogen and oxygen atoms in total. The van der Waals surface area contributed by atoms with Gasteiger partial charge in [-0.25, -0.2) is 4.39 Å². The summed E-state index contributed by atoms with van der Waals surface area (Å²) in [5.41, 5.74) is 0.841. The number of rotatable bonds is 2. The fourth-order valence-electron chi connectivity index (χ4n) is 3.99. The van der Waals surface area contributed by atoms with E-state index in [4.69, 9.17) is 0 Å². The van der Waals surface area contributed by atoms with Gasteiger partial charge in [0, 0.05) is 43.3 Å². The number of anilines is 1. The van der Waals surface area contributed by atoms with Gasteiger partial charge in [0.2, 0.25) is 5.91 Å². The number of pyridine rings is 1. The molecule has 2 aromatic rings. The van der Waals surface area contributed by atoms with Gasteiger partial charge in [-0.15, -0.1) is 0 Å². The van der Waals surface area contributed by atoms with E-state index in [-0.39, 0.29) is 29.7 Å². The number of likely N-dealkylation sites (tertiary alicyclic amines) is 1. The Bertz CT molecular complexity index is 875. The van der Waals surface area contributed by atoms with Crippen molar-refractivity contribution in [3.05, 3.63) is 60.2 Å². The van der Waals surface area contributed by atoms with Crippen LogP contribution in [0, 0.1) is 5.82 Å². The largest absolute Gasteiger partial charge is 0.337 e. The molecule has 0 radical (unpaired) electrons. The van der Waals surface area contributed by atoms with E-state index in [0.717, 1.165) is 6.42 Å². The highest BCUT2D eigenvalue weighted by atomic mass is 19.1. The molecular weight excluding hydrogens is 347 g/mol. The molecule has 0 bridgehead atoms. The van der Waals surface area contributed by atoms with E-state index in [1.807, 2.05) is 16.8 Å². The SMILES string of the molecule is CN1CC(=O)N(c2cccc(F)c2)CC12CCN(C(=O)c1ccncc1)C2. The molecule has 27 heavy (non-hydrogen) atoms. The summed E-state index contributed by atoms with van der Waals surface area (Å²) in [6.07, 6.45) is 3.98. The minimum atomic E-state index is -0.366. The van der Waals surface area contributed by atoms with E-state index in [0.29, 0.717) is 30.9 Å². The third kappa shape index (κ3) is 3.19. The number of aromatic nitrogens is 1. The quantitative estimate of drug-likeness (QED) is 0.811. The molecule has 1 aromatic carbocycles. The van der Waals surface area contributed by atoms with Crippen molar-refractivity contribution in [2.24, 2.45) is 0 Å². The van der Waals surface area contributed by atoms with Crippen molar-refractivity contribution in [1.29, 1.82) is 0 Å². The highest BCUT2D eigenvalue weighted by Crippen LogP contribution is 2.34. The van der Waals surface area contributed by atoms with Gasteiger partial charge in [0.1, 0.15) is 5.82 Å². The average molecular weight is 368 g/mol. The molecule has 140 valence electrons. The number of carbonyl (C=O) groups excluding carboxylic acids is 2. The van der Waals surface area contributed by atoms with Crippen molar-refractivity contribution in [3.63, 3.8) is 0 Å². The summed E-state index contributed by atoms with van der Waals surface area (Å²) < 4.78 is 13.6. The normalized spacial score (nSPS) is 23.3. The fraction of sp³-hybridized carbons (Fsp3) is 0.350. The summed E-state index contributed by atoms with van der Waals surface area (Å²) in [5, 5.41) is 0. The van der Waals surface area contributed by atoms with Crippen LogP contribution in [-0.2, 0) is 4.79 Å². The molecule has 1 aromatic heterocycles. The van der Waals surface area contributed by atoms with E-state index >= 15 is 0 Å². The minimum Gasteiger partial charge on any atom is -0.337 e. The fourth-order valence-corrected chi connectivity index (χ4v) is 3.99. The number of carbonyl (C=O) groups is 2. The molecule has 2 aliphatic rings. The molecule has 1 atom stereocenters. The summed E-state index contributed by atoms with van der Waals surface area (Å²) >= 11 is 0. The van der Waals surface area contributed by atoms with Gasteiger partial charge in [-0.1, -0.05) is 6.07 Å². The summed E-state index contributed by atoms with van der Waals surface area (Å²) in [4.78, 5) is 34.8. The first-order valence-corrected chi connectivity index (χ1v) is 8.95. The third-order valence-electron chi connectivity index (χ3n) is 5.60. The molecule has 1 unspecified atom stereocenters. The van der Waals surface area contributed by atoms with Crippen molar-refractivity contribution >= 4 is 17.5 Å². The van der Waals surface area contributed by atoms with Crippen LogP contribution < -0.4 is 4.90 Å². The van der Waals surface area contributed by atoms with Gasteiger partial charge in [-0.05, 0) is 43.8 Å². The van der Waals surface area contributed by atoms with E-state index in [1.54, 1.807) is 41.6 Å². The maximum absolute atomic E-state index is 13.6. The number of piperazine rings is 1. The zero-order valence-electron chi connectivity index (χ0n) is 15.1. The van der Waals surface area contributed by atoms with Gasteiger partial charge < -0.3 is 9.80 Å². The van der Waals surface area contributed by atoms with Crippen LogP contribution in [0.4, 0.5) is 10.1 Å². The minimum absolute atomic E-state index is 0.0307. The van der Waals surface area contributed by atoms with Crippen LogP contribution in [0.15, 0.2) is 48.8 Å². The van der Waals surface area contributed by atoms with E-state index in [1.165, 1.54) is 12.1 Å². The number of nitrogens with zero attached hydrogens (tertiary/aromatic N) is 4. The molecule has 7 heteroatoms. The van der Waals surface area contributed by atoms with Gasteiger partial charge >= 0.3 is 0 Å². The smallest absolute Gasteiger partial charge is 0.254 e. The Kier molecular flexibility index (Phi) is 4.39. The first kappa shape index (κ1) is 17.6. The second-order valence-corrected chi connectivity index (χ2v) is 7.25. The van der Waals surface area contributed by atoms with Gasteiger partial charge in [-0.3, -0.25) is 19.5 Å². The molecule has 0 aliphatic carbocycles. The van der Waals surface area contributed by atoms with Crippen molar-refractivity contribution in [2.75, 3.05) is 38.1 Å². The van der Waals surface area contributed by atoms with E-state index in [9.17, 15) is 14.0 Å². The van der Waals surface area contributed by atoms with Crippen LogP contribution in [0.25, 0.3) is 0 Å². The number of benzene rings is 1. The molecule has 2 aliphatic heterocycles. The predicted octanol–water partition coefficient (Wildman–Crippen LogP) is 1.78.